The number of carbonyl (C=O) groups is 2. The molecule has 0 saturated heterocycles. The zero-order valence-corrected chi connectivity index (χ0v) is 15.0. The van der Waals surface area contributed by atoms with E-state index in [1.165, 1.54) is 7.11 Å². The Morgan fingerprint density at radius 3 is 2.54 bits per heavy atom. The second kappa shape index (κ2) is 9.22. The van der Waals surface area contributed by atoms with Crippen LogP contribution in [0.15, 0.2) is 53.6 Å². The van der Waals surface area contributed by atoms with Crippen molar-refractivity contribution in [3.63, 3.8) is 0 Å². The molecule has 0 aliphatic rings. The fourth-order valence-corrected chi connectivity index (χ4v) is 2.10. The van der Waals surface area contributed by atoms with Gasteiger partial charge in [-0.05, 0) is 35.9 Å². The maximum Gasteiger partial charge on any atom is 0.259 e. The van der Waals surface area contributed by atoms with Crippen LogP contribution in [0.1, 0.15) is 15.9 Å². The van der Waals surface area contributed by atoms with Gasteiger partial charge in [0.15, 0.2) is 0 Å². The maximum absolute atomic E-state index is 12.0. The highest BCUT2D eigenvalue weighted by Gasteiger charge is 2.08. The van der Waals surface area contributed by atoms with Crippen LogP contribution in [0, 0.1) is 0 Å². The third-order valence-electron chi connectivity index (χ3n) is 3.55. The SMILES string of the molecule is COc1cccc(C(=O)NCC(=O)N/N=C/c2ccc(N(C)C)cc2)c1. The summed E-state index contributed by atoms with van der Waals surface area (Å²) in [7, 11) is 5.45. The highest BCUT2D eigenvalue weighted by molar-refractivity contribution is 5.96. The Bertz CT molecular complexity index is 786. The van der Waals surface area contributed by atoms with Crippen LogP contribution < -0.4 is 20.4 Å². The lowest BCUT2D eigenvalue weighted by Gasteiger charge is -2.11. The average Bonchev–Trinajstić information content (AvgIpc) is 2.66. The molecule has 0 saturated carbocycles. The Hall–Kier alpha value is -3.35. The monoisotopic (exact) mass is 354 g/mol. The molecule has 0 atom stereocenters. The van der Waals surface area contributed by atoms with Gasteiger partial charge in [-0.15, -0.1) is 0 Å². The highest BCUT2D eigenvalue weighted by atomic mass is 16.5. The van der Waals surface area contributed by atoms with Crippen molar-refractivity contribution >= 4 is 23.7 Å². The smallest absolute Gasteiger partial charge is 0.259 e. The van der Waals surface area contributed by atoms with Gasteiger partial charge in [0.1, 0.15) is 5.75 Å². The van der Waals surface area contributed by atoms with Gasteiger partial charge >= 0.3 is 0 Å². The summed E-state index contributed by atoms with van der Waals surface area (Å²) >= 11 is 0. The molecule has 7 heteroatoms. The van der Waals surface area contributed by atoms with Crippen LogP contribution in [0.4, 0.5) is 5.69 Å². The molecule has 2 N–H and O–H groups in total. The van der Waals surface area contributed by atoms with Crippen LogP contribution in [0.2, 0.25) is 0 Å². The van der Waals surface area contributed by atoms with Gasteiger partial charge in [0.05, 0.1) is 19.9 Å². The molecule has 7 nitrogen and oxygen atoms in total. The molecule has 136 valence electrons. The van der Waals surface area contributed by atoms with Crippen LogP contribution in [-0.2, 0) is 4.79 Å². The van der Waals surface area contributed by atoms with Crippen LogP contribution in [0.5, 0.6) is 5.75 Å². The second-order valence-corrected chi connectivity index (χ2v) is 5.69. The van der Waals surface area contributed by atoms with Gasteiger partial charge in [0, 0.05) is 25.3 Å². The number of carbonyl (C=O) groups excluding carboxylic acids is 2. The first kappa shape index (κ1) is 19.0. The van der Waals surface area contributed by atoms with Gasteiger partial charge in [-0.2, -0.15) is 5.10 Å². The molecular weight excluding hydrogens is 332 g/mol. The molecule has 0 aliphatic carbocycles. The number of ether oxygens (including phenoxy) is 1. The van der Waals surface area contributed by atoms with Crippen LogP contribution >= 0.6 is 0 Å². The van der Waals surface area contributed by atoms with Crippen LogP contribution in [0.3, 0.4) is 0 Å². The molecule has 0 heterocycles. The normalized spacial score (nSPS) is 10.4. The Morgan fingerprint density at radius 1 is 1.15 bits per heavy atom. The summed E-state index contributed by atoms with van der Waals surface area (Å²) in [5.74, 6) is -0.198. The van der Waals surface area contributed by atoms with Crippen molar-refractivity contribution in [3.05, 3.63) is 59.7 Å². The van der Waals surface area contributed by atoms with E-state index in [1.807, 2.05) is 43.3 Å². The number of amides is 2. The van der Waals surface area contributed by atoms with Crippen molar-refractivity contribution in [2.45, 2.75) is 0 Å². The molecular formula is C19H22N4O3. The molecule has 26 heavy (non-hydrogen) atoms. The number of rotatable bonds is 7. The molecule has 0 radical (unpaired) electrons. The van der Waals surface area contributed by atoms with Gasteiger partial charge in [-0.1, -0.05) is 18.2 Å². The summed E-state index contributed by atoms with van der Waals surface area (Å²) < 4.78 is 5.07. The number of hydrogen-bond acceptors (Lipinski definition) is 5. The van der Waals surface area contributed by atoms with Gasteiger partial charge in [-0.25, -0.2) is 5.43 Å². The summed E-state index contributed by atoms with van der Waals surface area (Å²) in [6, 6.07) is 14.4. The van der Waals surface area contributed by atoms with Crippen molar-refractivity contribution < 1.29 is 14.3 Å². The predicted molar refractivity (Wildman–Crippen MR) is 102 cm³/mol. The molecule has 0 spiro atoms. The fraction of sp³-hybridized carbons (Fsp3) is 0.211. The molecule has 0 bridgehead atoms. The largest absolute Gasteiger partial charge is 0.497 e. The lowest BCUT2D eigenvalue weighted by molar-refractivity contribution is -0.120. The number of nitrogens with one attached hydrogen (secondary N) is 2. The molecule has 0 fully saturated rings. The maximum atomic E-state index is 12.0. The van der Waals surface area contributed by atoms with Crippen LogP contribution in [0.25, 0.3) is 0 Å². The molecule has 2 aromatic carbocycles. The average molecular weight is 354 g/mol. The van der Waals surface area contributed by atoms with Gasteiger partial charge in [0.2, 0.25) is 0 Å². The second-order valence-electron chi connectivity index (χ2n) is 5.69. The van der Waals surface area contributed by atoms with Crippen molar-refractivity contribution in [2.75, 3.05) is 32.6 Å². The zero-order chi connectivity index (χ0) is 18.9. The molecule has 0 aliphatic heterocycles. The Kier molecular flexibility index (Phi) is 6.73. The van der Waals surface area contributed by atoms with Gasteiger partial charge in [0.25, 0.3) is 11.8 Å². The van der Waals surface area contributed by atoms with Crippen molar-refractivity contribution in [1.82, 2.24) is 10.7 Å². The van der Waals surface area contributed by atoms with E-state index in [0.717, 1.165) is 11.3 Å². The van der Waals surface area contributed by atoms with E-state index < -0.39 is 5.91 Å². The van der Waals surface area contributed by atoms with E-state index in [1.54, 1.807) is 30.5 Å². The summed E-state index contributed by atoms with van der Waals surface area (Å²) in [5.41, 5.74) is 4.73. The zero-order valence-electron chi connectivity index (χ0n) is 15.0. The first-order valence-corrected chi connectivity index (χ1v) is 8.01. The van der Waals surface area contributed by atoms with E-state index >= 15 is 0 Å². The minimum Gasteiger partial charge on any atom is -0.497 e. The summed E-state index contributed by atoms with van der Waals surface area (Å²) in [6.07, 6.45) is 1.54. The third-order valence-corrected chi connectivity index (χ3v) is 3.55. The van der Waals surface area contributed by atoms with E-state index in [0.29, 0.717) is 11.3 Å². The van der Waals surface area contributed by atoms with Gasteiger partial charge in [-0.3, -0.25) is 9.59 Å². The topological polar surface area (TPSA) is 83.0 Å². The number of nitrogens with zero attached hydrogens (tertiary/aromatic N) is 2. The number of benzene rings is 2. The highest BCUT2D eigenvalue weighted by Crippen LogP contribution is 2.12. The first-order chi connectivity index (χ1) is 12.5. The predicted octanol–water partition coefficient (Wildman–Crippen LogP) is 1.64. The quantitative estimate of drug-likeness (QED) is 0.585. The van der Waals surface area contributed by atoms with E-state index in [9.17, 15) is 9.59 Å². The van der Waals surface area contributed by atoms with Crippen molar-refractivity contribution in [3.8, 4) is 5.75 Å². The number of methoxy groups -OCH3 is 1. The lowest BCUT2D eigenvalue weighted by atomic mass is 10.2. The van der Waals surface area contributed by atoms with E-state index in [2.05, 4.69) is 15.8 Å². The molecule has 2 amide bonds. The fourth-order valence-electron chi connectivity index (χ4n) is 2.10. The minimum atomic E-state index is -0.414. The van der Waals surface area contributed by atoms with Gasteiger partial charge < -0.3 is 15.0 Å². The minimum absolute atomic E-state index is 0.174. The molecule has 2 rings (SSSR count). The Balaban J connectivity index is 1.80. The Morgan fingerprint density at radius 2 is 1.88 bits per heavy atom. The molecule has 2 aromatic rings. The standard InChI is InChI=1S/C19H22N4O3/c1-23(2)16-9-7-14(8-10-16)12-21-22-18(24)13-20-19(25)15-5-4-6-17(11-15)26-3/h4-12H,13H2,1-3H3,(H,20,25)(H,22,24)/b21-12+. The van der Waals surface area contributed by atoms with E-state index in [-0.39, 0.29) is 12.5 Å². The number of hydrogen-bond donors (Lipinski definition) is 2. The molecule has 0 aromatic heterocycles. The lowest BCUT2D eigenvalue weighted by Crippen LogP contribution is -2.34. The number of anilines is 1. The number of hydrazone groups is 1. The first-order valence-electron chi connectivity index (χ1n) is 8.01. The third kappa shape index (κ3) is 5.62. The van der Waals surface area contributed by atoms with Crippen molar-refractivity contribution in [2.24, 2.45) is 5.10 Å². The summed E-state index contributed by atoms with van der Waals surface area (Å²) in [4.78, 5) is 25.8. The van der Waals surface area contributed by atoms with Crippen molar-refractivity contribution in [1.29, 1.82) is 0 Å². The van der Waals surface area contributed by atoms with E-state index in [4.69, 9.17) is 4.74 Å². The van der Waals surface area contributed by atoms with Crippen LogP contribution in [-0.4, -0.2) is 45.8 Å². The summed E-state index contributed by atoms with van der Waals surface area (Å²) in [6.45, 7) is -0.174. The Labute approximate surface area is 152 Å². The molecule has 0 unspecified atom stereocenters. The summed E-state index contributed by atoms with van der Waals surface area (Å²) in [5, 5.41) is 6.42.